The molecule has 6 atom stereocenters. The summed E-state index contributed by atoms with van der Waals surface area (Å²) in [6, 6.07) is -3.21. The van der Waals surface area contributed by atoms with Crippen molar-refractivity contribution in [3.05, 3.63) is 12.7 Å². The van der Waals surface area contributed by atoms with Gasteiger partial charge in [0.1, 0.15) is 35.4 Å². The van der Waals surface area contributed by atoms with E-state index >= 15 is 0 Å². The molecule has 242 valence electrons. The first-order valence-electron chi connectivity index (χ1n) is 14.9. The number of hydrogen-bond donors (Lipinski definition) is 3. The van der Waals surface area contributed by atoms with Crippen LogP contribution in [0, 0.1) is 5.92 Å². The number of carbonyl (C=O) groups excluding carboxylic acids is 6. The lowest BCUT2D eigenvalue weighted by Gasteiger charge is -2.32. The van der Waals surface area contributed by atoms with E-state index in [-0.39, 0.29) is 25.9 Å². The average molecular weight is 638 g/mol. The molecule has 16 heteroatoms. The Morgan fingerprint density at radius 3 is 2.43 bits per heavy atom. The number of nitrogens with zero attached hydrogens (tertiary/aromatic N) is 2. The molecule has 5 amide bonds. The summed E-state index contributed by atoms with van der Waals surface area (Å²) in [6.07, 6.45) is 1.71. The number of morpholine rings is 1. The summed E-state index contributed by atoms with van der Waals surface area (Å²) in [6.45, 7) is 8.92. The zero-order valence-electron chi connectivity index (χ0n) is 25.0. The summed E-state index contributed by atoms with van der Waals surface area (Å²) in [5.41, 5.74) is -2.42. The average Bonchev–Trinajstić information content (AvgIpc) is 3.76. The summed E-state index contributed by atoms with van der Waals surface area (Å²) < 4.78 is 37.4. The predicted molar refractivity (Wildman–Crippen MR) is 152 cm³/mol. The summed E-state index contributed by atoms with van der Waals surface area (Å²) in [5, 5.41) is 4.50. The molecule has 5 rings (SSSR count). The zero-order chi connectivity index (χ0) is 32.2. The molecular formula is C28H39N5O10S. The van der Waals surface area contributed by atoms with Crippen molar-refractivity contribution in [1.29, 1.82) is 0 Å². The molecule has 15 nitrogen and oxygen atoms in total. The summed E-state index contributed by atoms with van der Waals surface area (Å²) in [4.78, 5) is 81.2. The van der Waals surface area contributed by atoms with Gasteiger partial charge in [-0.1, -0.05) is 6.08 Å². The smallest absolute Gasteiger partial charge is 0.408 e. The van der Waals surface area contributed by atoms with Crippen LogP contribution in [-0.4, -0.2) is 108 Å². The predicted octanol–water partition coefficient (Wildman–Crippen LogP) is -0.544. The van der Waals surface area contributed by atoms with E-state index in [1.165, 1.54) is 15.9 Å². The van der Waals surface area contributed by atoms with Crippen molar-refractivity contribution in [2.75, 3.05) is 13.1 Å². The van der Waals surface area contributed by atoms with Gasteiger partial charge < -0.3 is 29.9 Å². The number of hydrogen-bond acceptors (Lipinski definition) is 10. The van der Waals surface area contributed by atoms with Gasteiger partial charge in [-0.3, -0.25) is 23.9 Å². The maximum Gasteiger partial charge on any atom is 0.408 e. The quantitative estimate of drug-likeness (QED) is 0.207. The first kappa shape index (κ1) is 31.7. The van der Waals surface area contributed by atoms with E-state index in [2.05, 4.69) is 21.9 Å². The van der Waals surface area contributed by atoms with Gasteiger partial charge in [-0.25, -0.2) is 18.0 Å². The number of amides is 5. The van der Waals surface area contributed by atoms with Gasteiger partial charge in [0.25, 0.3) is 5.91 Å². The van der Waals surface area contributed by atoms with E-state index < -0.39 is 98.7 Å². The third-order valence-corrected chi connectivity index (χ3v) is 10.4. The fourth-order valence-corrected chi connectivity index (χ4v) is 7.45. The molecular weight excluding hydrogens is 598 g/mol. The van der Waals surface area contributed by atoms with Crippen LogP contribution in [0.3, 0.4) is 0 Å². The first-order chi connectivity index (χ1) is 20.5. The highest BCUT2D eigenvalue weighted by Gasteiger charge is 2.61. The molecule has 3 N–H and O–H groups in total. The minimum atomic E-state index is -3.87. The van der Waals surface area contributed by atoms with E-state index in [4.69, 9.17) is 9.47 Å². The number of likely N-dealkylation sites (tertiary alicyclic amines) is 2. The third-order valence-electron chi connectivity index (χ3n) is 8.59. The van der Waals surface area contributed by atoms with Gasteiger partial charge in [-0.15, -0.1) is 6.58 Å². The molecule has 2 saturated carbocycles. The van der Waals surface area contributed by atoms with Crippen LogP contribution in [0.2, 0.25) is 0 Å². The molecule has 3 heterocycles. The van der Waals surface area contributed by atoms with Gasteiger partial charge in [0.05, 0.1) is 18.2 Å². The summed E-state index contributed by atoms with van der Waals surface area (Å²) >= 11 is 0. The molecule has 3 aliphatic heterocycles. The topological polar surface area (TPSA) is 198 Å². The van der Waals surface area contributed by atoms with E-state index in [1.54, 1.807) is 20.8 Å². The molecule has 2 bridgehead atoms. The Hall–Kier alpha value is -3.69. The Labute approximate surface area is 255 Å². The van der Waals surface area contributed by atoms with Crippen LogP contribution in [0.25, 0.3) is 0 Å². The fraction of sp³-hybridized carbons (Fsp3) is 0.714. The number of alkyl carbamates (subject to hydrolysis) is 1. The monoisotopic (exact) mass is 637 g/mol. The van der Waals surface area contributed by atoms with Crippen molar-refractivity contribution in [2.24, 2.45) is 5.92 Å². The standard InChI is InChI=1S/C28H39N5O10S/c1-5-15-13-28(15,25(38)31-44(40,41)17-8-9-17)30-22(35)19-7-6-10-32(19)23(36)18(29-26(39)43-27(2,3)4)12-21(34)33-14-16-11-20(33)24(37)42-16/h5,15-20H,1,6-14H2,2-4H3,(H,29,39)(H,30,35)(H,31,38)/t15-,16-,18+,19+,20-,28-/m1/s1. The largest absolute Gasteiger partial charge is 0.459 e. The van der Waals surface area contributed by atoms with Crippen LogP contribution in [0.1, 0.15) is 65.7 Å². The highest BCUT2D eigenvalue weighted by molar-refractivity contribution is 7.91. The van der Waals surface area contributed by atoms with Crippen molar-refractivity contribution >= 4 is 45.7 Å². The minimum absolute atomic E-state index is 0.137. The minimum Gasteiger partial charge on any atom is -0.459 e. The number of nitrogens with one attached hydrogen (secondary N) is 3. The van der Waals surface area contributed by atoms with Crippen LogP contribution < -0.4 is 15.4 Å². The molecule has 0 spiro atoms. The number of sulfonamides is 1. The molecule has 0 radical (unpaired) electrons. The number of rotatable bonds is 10. The van der Waals surface area contributed by atoms with Crippen molar-refractivity contribution in [3.63, 3.8) is 0 Å². The summed E-state index contributed by atoms with van der Waals surface area (Å²) in [7, 11) is -3.87. The van der Waals surface area contributed by atoms with Crippen molar-refractivity contribution in [2.45, 2.75) is 106 Å². The molecule has 0 unspecified atom stereocenters. The van der Waals surface area contributed by atoms with Gasteiger partial charge in [-0.05, 0) is 52.9 Å². The Balaban J connectivity index is 1.30. The van der Waals surface area contributed by atoms with E-state index in [0.29, 0.717) is 25.7 Å². The lowest BCUT2D eigenvalue weighted by Crippen LogP contribution is -2.59. The molecule has 44 heavy (non-hydrogen) atoms. The Bertz CT molecular complexity index is 1390. The second-order valence-corrected chi connectivity index (χ2v) is 15.1. The van der Waals surface area contributed by atoms with E-state index in [9.17, 15) is 37.2 Å². The molecule has 5 aliphatic rings. The van der Waals surface area contributed by atoms with E-state index in [0.717, 1.165) is 0 Å². The molecule has 0 aromatic rings. The van der Waals surface area contributed by atoms with Crippen molar-refractivity contribution in [3.8, 4) is 0 Å². The van der Waals surface area contributed by atoms with Gasteiger partial charge in [-0.2, -0.15) is 0 Å². The Morgan fingerprint density at radius 2 is 1.86 bits per heavy atom. The zero-order valence-corrected chi connectivity index (χ0v) is 25.8. The van der Waals surface area contributed by atoms with Gasteiger partial charge in [0.15, 0.2) is 0 Å². The Morgan fingerprint density at radius 1 is 1.16 bits per heavy atom. The van der Waals surface area contributed by atoms with E-state index in [1.807, 2.05) is 0 Å². The SMILES string of the molecule is C=C[C@@H]1C[C@]1(NC(=O)[C@@H]1CCCN1C(=O)[C@H](CC(=O)N1C[C@H]2C[C@@H]1C(=O)O2)NC(=O)OC(C)(C)C)C(=O)NS(=O)(=O)C1CC1. The van der Waals surface area contributed by atoms with Crippen LogP contribution in [-0.2, 0) is 43.5 Å². The molecule has 2 aliphatic carbocycles. The number of fused-ring (bicyclic) bond motifs is 2. The lowest BCUT2D eigenvalue weighted by atomic mass is 10.1. The fourth-order valence-electron chi connectivity index (χ4n) is 6.09. The van der Waals surface area contributed by atoms with Crippen LogP contribution >= 0.6 is 0 Å². The molecule has 0 aromatic heterocycles. The van der Waals surface area contributed by atoms with Gasteiger partial charge in [0.2, 0.25) is 27.7 Å². The van der Waals surface area contributed by atoms with Gasteiger partial charge >= 0.3 is 12.1 Å². The molecule has 0 aromatic carbocycles. The number of ether oxygens (including phenoxy) is 2. The Kier molecular flexibility index (Phi) is 8.18. The second kappa shape index (κ2) is 11.3. The third kappa shape index (κ3) is 6.40. The highest BCUT2D eigenvalue weighted by atomic mass is 32.2. The van der Waals surface area contributed by atoms with Gasteiger partial charge in [0, 0.05) is 18.9 Å². The number of esters is 1. The highest BCUT2D eigenvalue weighted by Crippen LogP contribution is 2.45. The molecule has 3 saturated heterocycles. The van der Waals surface area contributed by atoms with Crippen LogP contribution in [0.15, 0.2) is 12.7 Å². The molecule has 5 fully saturated rings. The normalized spacial score (nSPS) is 29.8. The van der Waals surface area contributed by atoms with Crippen molar-refractivity contribution < 1.29 is 46.7 Å². The van der Waals surface area contributed by atoms with Crippen LogP contribution in [0.5, 0.6) is 0 Å². The number of carbonyl (C=O) groups is 6. The van der Waals surface area contributed by atoms with Crippen molar-refractivity contribution in [1.82, 2.24) is 25.2 Å². The summed E-state index contributed by atoms with van der Waals surface area (Å²) in [5.74, 6) is -3.79. The maximum absolute atomic E-state index is 13.9. The lowest BCUT2D eigenvalue weighted by molar-refractivity contribution is -0.157. The first-order valence-corrected chi connectivity index (χ1v) is 16.4. The maximum atomic E-state index is 13.9. The second-order valence-electron chi connectivity index (χ2n) is 13.1. The van der Waals surface area contributed by atoms with Crippen LogP contribution in [0.4, 0.5) is 4.79 Å².